The van der Waals surface area contributed by atoms with Crippen molar-refractivity contribution < 1.29 is 9.53 Å². The van der Waals surface area contributed by atoms with Crippen LogP contribution in [0.4, 0.5) is 23.4 Å². The standard InChI is InChI=1S/C34H41N11O2/c1-21-17-37-34(40-28-16-22(2)44(3)43-28)42-31(21)26-18-36-32-25(26)10-7-11-27(32)39-29(46)20-45-15-13-24(19-45)47-30-12-14-35-33(41-30)38-23-8-5-4-6-9-23/h7,10-12,14,16-18,23-24,36H,4-6,8-9,13,15,19-20H2,1-3H3,(H,39,46)(H,35,38,41)(H,37,40,42,43). The Kier molecular flexibility index (Phi) is 8.70. The van der Waals surface area contributed by atoms with Crippen LogP contribution in [0, 0.1) is 13.8 Å². The highest BCUT2D eigenvalue weighted by molar-refractivity contribution is 6.06. The van der Waals surface area contributed by atoms with Crippen molar-refractivity contribution in [2.24, 2.45) is 7.05 Å². The highest BCUT2D eigenvalue weighted by Gasteiger charge is 2.26. The summed E-state index contributed by atoms with van der Waals surface area (Å²) in [6.07, 6.45) is 12.4. The van der Waals surface area contributed by atoms with Gasteiger partial charge in [0.25, 0.3) is 0 Å². The summed E-state index contributed by atoms with van der Waals surface area (Å²) < 4.78 is 8.01. The Hall–Kier alpha value is -5.04. The predicted molar refractivity (Wildman–Crippen MR) is 182 cm³/mol. The van der Waals surface area contributed by atoms with Gasteiger partial charge >= 0.3 is 0 Å². The van der Waals surface area contributed by atoms with Crippen LogP contribution in [0.1, 0.15) is 49.8 Å². The number of hydrogen-bond acceptors (Lipinski definition) is 10. The third-order valence-corrected chi connectivity index (χ3v) is 9.02. The minimum atomic E-state index is -0.0781. The smallest absolute Gasteiger partial charge is 0.238 e. The summed E-state index contributed by atoms with van der Waals surface area (Å²) >= 11 is 0. The molecule has 2 fully saturated rings. The van der Waals surface area contributed by atoms with Crippen molar-refractivity contribution in [2.75, 3.05) is 35.6 Å². The number of carbonyl (C=O) groups excluding carboxylic acids is 1. The van der Waals surface area contributed by atoms with Gasteiger partial charge in [0.1, 0.15) is 6.10 Å². The van der Waals surface area contributed by atoms with Gasteiger partial charge in [-0.1, -0.05) is 31.4 Å². The summed E-state index contributed by atoms with van der Waals surface area (Å²) in [6, 6.07) is 10.1. The number of rotatable bonds is 10. The van der Waals surface area contributed by atoms with Gasteiger partial charge in [-0.15, -0.1) is 0 Å². The van der Waals surface area contributed by atoms with Gasteiger partial charge in [-0.25, -0.2) is 15.0 Å². The minimum Gasteiger partial charge on any atom is -0.473 e. The third kappa shape index (κ3) is 7.04. The van der Waals surface area contributed by atoms with E-state index in [1.165, 1.54) is 19.3 Å². The first-order chi connectivity index (χ1) is 22.9. The maximum atomic E-state index is 13.2. The van der Waals surface area contributed by atoms with E-state index in [0.717, 1.165) is 64.9 Å². The molecule has 1 unspecified atom stereocenters. The van der Waals surface area contributed by atoms with E-state index in [2.05, 4.69) is 45.9 Å². The highest BCUT2D eigenvalue weighted by Crippen LogP contribution is 2.33. The molecule has 7 rings (SSSR count). The fraction of sp³-hybridized carbons (Fsp3) is 0.412. The summed E-state index contributed by atoms with van der Waals surface area (Å²) in [5.41, 5.74) is 5.26. The van der Waals surface area contributed by atoms with E-state index in [-0.39, 0.29) is 18.6 Å². The maximum Gasteiger partial charge on any atom is 0.238 e. The van der Waals surface area contributed by atoms with E-state index in [4.69, 9.17) is 9.72 Å². The molecule has 1 aliphatic carbocycles. The Bertz CT molecular complexity index is 1860. The lowest BCUT2D eigenvalue weighted by Gasteiger charge is -2.23. The number of fused-ring (bicyclic) bond motifs is 1. The lowest BCUT2D eigenvalue weighted by Crippen LogP contribution is -2.33. The van der Waals surface area contributed by atoms with Crippen molar-refractivity contribution in [3.05, 3.63) is 60.2 Å². The van der Waals surface area contributed by atoms with Crippen LogP contribution in [-0.2, 0) is 11.8 Å². The van der Waals surface area contributed by atoms with Crippen molar-refractivity contribution in [3.63, 3.8) is 0 Å². The molecule has 5 aromatic rings. The number of ether oxygens (including phenoxy) is 1. The fourth-order valence-corrected chi connectivity index (χ4v) is 6.47. The molecule has 0 radical (unpaired) electrons. The molecule has 0 bridgehead atoms. The Labute approximate surface area is 273 Å². The molecular weight excluding hydrogens is 594 g/mol. The van der Waals surface area contributed by atoms with Crippen LogP contribution in [0.5, 0.6) is 5.88 Å². The zero-order valence-corrected chi connectivity index (χ0v) is 27.1. The SMILES string of the molecule is Cc1cnc(Nc2cc(C)n(C)n2)nc1-c1c[nH]c2c(NC(=O)CN3CCC(Oc4ccnc(NC5CCCCC5)n4)C3)cccc12. The second kappa shape index (κ2) is 13.4. The summed E-state index contributed by atoms with van der Waals surface area (Å²) in [6.45, 7) is 5.68. The van der Waals surface area contributed by atoms with E-state index in [0.29, 0.717) is 36.2 Å². The van der Waals surface area contributed by atoms with Gasteiger partial charge in [0.15, 0.2) is 5.82 Å². The number of aryl methyl sites for hydroxylation is 3. The van der Waals surface area contributed by atoms with Crippen molar-refractivity contribution in [3.8, 4) is 17.1 Å². The molecule has 1 amide bonds. The number of amides is 1. The van der Waals surface area contributed by atoms with E-state index in [1.807, 2.05) is 51.4 Å². The molecule has 47 heavy (non-hydrogen) atoms. The van der Waals surface area contributed by atoms with Gasteiger partial charge in [-0.2, -0.15) is 10.1 Å². The number of aromatic nitrogens is 7. The van der Waals surface area contributed by atoms with Crippen molar-refractivity contribution >= 4 is 40.2 Å². The Morgan fingerprint density at radius 2 is 1.94 bits per heavy atom. The molecule has 13 nitrogen and oxygen atoms in total. The Balaban J connectivity index is 0.974. The number of benzene rings is 1. The van der Waals surface area contributed by atoms with Crippen LogP contribution in [0.3, 0.4) is 0 Å². The zero-order chi connectivity index (χ0) is 32.3. The monoisotopic (exact) mass is 635 g/mol. The maximum absolute atomic E-state index is 13.2. The minimum absolute atomic E-state index is 0.0354. The predicted octanol–water partition coefficient (Wildman–Crippen LogP) is 5.35. The molecule has 1 aromatic carbocycles. The number of aromatic amines is 1. The summed E-state index contributed by atoms with van der Waals surface area (Å²) in [5, 5.41) is 15.2. The summed E-state index contributed by atoms with van der Waals surface area (Å²) in [5.74, 6) is 2.26. The molecule has 244 valence electrons. The Morgan fingerprint density at radius 1 is 1.06 bits per heavy atom. The second-order valence-electron chi connectivity index (χ2n) is 12.6. The molecule has 5 heterocycles. The van der Waals surface area contributed by atoms with Crippen LogP contribution in [0.25, 0.3) is 22.2 Å². The average molecular weight is 636 g/mol. The molecule has 13 heteroatoms. The summed E-state index contributed by atoms with van der Waals surface area (Å²) in [4.78, 5) is 37.0. The highest BCUT2D eigenvalue weighted by atomic mass is 16.5. The van der Waals surface area contributed by atoms with Gasteiger partial charge in [0.05, 0.1) is 23.4 Å². The van der Waals surface area contributed by atoms with Crippen molar-refractivity contribution in [1.82, 2.24) is 39.6 Å². The van der Waals surface area contributed by atoms with Crippen molar-refractivity contribution in [1.29, 1.82) is 0 Å². The van der Waals surface area contributed by atoms with Crippen LogP contribution in [0.2, 0.25) is 0 Å². The normalized spacial score (nSPS) is 17.2. The van der Waals surface area contributed by atoms with Gasteiger partial charge in [0.2, 0.25) is 23.7 Å². The molecule has 4 N–H and O–H groups in total. The van der Waals surface area contributed by atoms with E-state index >= 15 is 0 Å². The molecule has 1 saturated carbocycles. The summed E-state index contributed by atoms with van der Waals surface area (Å²) in [7, 11) is 1.90. The number of hydrogen-bond donors (Lipinski definition) is 4. The molecular formula is C34H41N11O2. The van der Waals surface area contributed by atoms with E-state index in [1.54, 1.807) is 23.1 Å². The first-order valence-electron chi connectivity index (χ1n) is 16.4. The first kappa shape index (κ1) is 30.6. The fourth-order valence-electron chi connectivity index (χ4n) is 6.47. The Morgan fingerprint density at radius 3 is 2.77 bits per heavy atom. The zero-order valence-electron chi connectivity index (χ0n) is 27.1. The number of anilines is 4. The van der Waals surface area contributed by atoms with Crippen LogP contribution in [-0.4, -0.2) is 77.3 Å². The molecule has 1 atom stereocenters. The average Bonchev–Trinajstić information content (AvgIpc) is 3.77. The number of para-hydroxylation sites is 1. The van der Waals surface area contributed by atoms with E-state index < -0.39 is 0 Å². The number of likely N-dealkylation sites (tertiary alicyclic amines) is 1. The quantitative estimate of drug-likeness (QED) is 0.158. The van der Waals surface area contributed by atoms with E-state index in [9.17, 15) is 4.79 Å². The number of H-pyrrole nitrogens is 1. The number of carbonyl (C=O) groups is 1. The largest absolute Gasteiger partial charge is 0.473 e. The second-order valence-corrected chi connectivity index (χ2v) is 12.6. The first-order valence-corrected chi connectivity index (χ1v) is 16.4. The van der Waals surface area contributed by atoms with Crippen LogP contribution < -0.4 is 20.7 Å². The van der Waals surface area contributed by atoms with Gasteiger partial charge in [0, 0.05) is 73.5 Å². The lowest BCUT2D eigenvalue weighted by molar-refractivity contribution is -0.117. The third-order valence-electron chi connectivity index (χ3n) is 9.02. The topological polar surface area (TPSA) is 151 Å². The number of nitrogens with zero attached hydrogens (tertiary/aromatic N) is 7. The molecule has 1 saturated heterocycles. The van der Waals surface area contributed by atoms with Crippen LogP contribution >= 0.6 is 0 Å². The van der Waals surface area contributed by atoms with Gasteiger partial charge in [-0.05, 0) is 44.7 Å². The molecule has 4 aromatic heterocycles. The van der Waals surface area contributed by atoms with Crippen molar-refractivity contribution in [2.45, 2.75) is 64.5 Å². The lowest BCUT2D eigenvalue weighted by atomic mass is 9.96. The number of nitrogens with one attached hydrogen (secondary N) is 4. The van der Waals surface area contributed by atoms with Gasteiger partial charge < -0.3 is 25.7 Å². The molecule has 1 aliphatic heterocycles. The molecule has 2 aliphatic rings. The van der Waals surface area contributed by atoms with Crippen LogP contribution in [0.15, 0.2) is 48.9 Å². The molecule has 0 spiro atoms. The van der Waals surface area contributed by atoms with Gasteiger partial charge in [-0.3, -0.25) is 14.4 Å².